The Kier molecular flexibility index (Phi) is 8.13. The van der Waals surface area contributed by atoms with Gasteiger partial charge in [-0.05, 0) is 45.4 Å². The van der Waals surface area contributed by atoms with Crippen molar-refractivity contribution in [2.45, 2.75) is 39.2 Å². The van der Waals surface area contributed by atoms with Gasteiger partial charge in [0.2, 0.25) is 5.91 Å². The summed E-state index contributed by atoms with van der Waals surface area (Å²) in [6.45, 7) is 7.59. The third kappa shape index (κ3) is 8.19. The molecule has 160 valence electrons. The minimum atomic E-state index is -0.575. The lowest BCUT2D eigenvalue weighted by Crippen LogP contribution is -2.40. The molecule has 1 aliphatic heterocycles. The first-order valence-electron chi connectivity index (χ1n) is 9.70. The quantitative estimate of drug-likeness (QED) is 0.775. The van der Waals surface area contributed by atoms with Crippen molar-refractivity contribution >= 4 is 35.3 Å². The van der Waals surface area contributed by atoms with Crippen LogP contribution in [0.1, 0.15) is 33.6 Å². The molecule has 2 rings (SSSR count). The Labute approximate surface area is 176 Å². The van der Waals surface area contributed by atoms with Gasteiger partial charge in [-0.25, -0.2) is 9.59 Å². The summed E-state index contributed by atoms with van der Waals surface area (Å²) in [5, 5.41) is 5.97. The minimum absolute atomic E-state index is 0.0573. The van der Waals surface area contributed by atoms with E-state index in [0.29, 0.717) is 43.3 Å². The first-order valence-corrected chi connectivity index (χ1v) is 10.1. The number of carbonyl (C=O) groups excluding carboxylic acids is 3. The number of nitrogens with zero attached hydrogens (tertiary/aromatic N) is 2. The van der Waals surface area contributed by atoms with Gasteiger partial charge in [0.05, 0.1) is 0 Å². The number of benzene rings is 1. The highest BCUT2D eigenvalue weighted by molar-refractivity contribution is 6.30. The number of urea groups is 1. The van der Waals surface area contributed by atoms with Crippen LogP contribution in [0, 0.1) is 0 Å². The zero-order valence-corrected chi connectivity index (χ0v) is 17.9. The third-order valence-electron chi connectivity index (χ3n) is 4.22. The maximum atomic E-state index is 12.5. The van der Waals surface area contributed by atoms with Crippen LogP contribution in [0.15, 0.2) is 24.3 Å². The van der Waals surface area contributed by atoms with E-state index in [0.717, 1.165) is 0 Å². The second-order valence-electron chi connectivity index (χ2n) is 7.84. The van der Waals surface area contributed by atoms with Gasteiger partial charge in [0.15, 0.2) is 0 Å². The van der Waals surface area contributed by atoms with Crippen LogP contribution >= 0.6 is 11.6 Å². The summed E-state index contributed by atoms with van der Waals surface area (Å²) in [6.07, 6.45) is 0.340. The molecule has 1 saturated heterocycles. The van der Waals surface area contributed by atoms with Crippen molar-refractivity contribution in [1.82, 2.24) is 15.1 Å². The van der Waals surface area contributed by atoms with Gasteiger partial charge in [-0.3, -0.25) is 4.79 Å². The lowest BCUT2D eigenvalue weighted by Gasteiger charge is -2.23. The Morgan fingerprint density at radius 1 is 1.10 bits per heavy atom. The van der Waals surface area contributed by atoms with E-state index in [1.165, 1.54) is 0 Å². The maximum absolute atomic E-state index is 12.5. The zero-order chi connectivity index (χ0) is 21.4. The molecule has 1 fully saturated rings. The van der Waals surface area contributed by atoms with Gasteiger partial charge >= 0.3 is 12.1 Å². The number of amides is 4. The first-order chi connectivity index (χ1) is 13.6. The lowest BCUT2D eigenvalue weighted by atomic mass is 10.2. The van der Waals surface area contributed by atoms with Crippen molar-refractivity contribution in [2.24, 2.45) is 0 Å². The van der Waals surface area contributed by atoms with Crippen LogP contribution in [0.4, 0.5) is 15.3 Å². The van der Waals surface area contributed by atoms with Gasteiger partial charge in [0, 0.05) is 49.9 Å². The largest absolute Gasteiger partial charge is 0.444 e. The Bertz CT molecular complexity index is 735. The molecule has 9 heteroatoms. The molecule has 0 aromatic heterocycles. The third-order valence-corrected chi connectivity index (χ3v) is 4.45. The van der Waals surface area contributed by atoms with Gasteiger partial charge in [-0.1, -0.05) is 17.7 Å². The molecular formula is C20H29ClN4O4. The predicted octanol–water partition coefficient (Wildman–Crippen LogP) is 3.32. The molecule has 29 heavy (non-hydrogen) atoms. The van der Waals surface area contributed by atoms with E-state index in [9.17, 15) is 14.4 Å². The molecule has 1 aromatic rings. The average Bonchev–Trinajstić information content (AvgIpc) is 2.86. The van der Waals surface area contributed by atoms with Crippen molar-refractivity contribution < 1.29 is 19.1 Å². The molecule has 0 unspecified atom stereocenters. The van der Waals surface area contributed by atoms with Crippen LogP contribution in [0.25, 0.3) is 0 Å². The van der Waals surface area contributed by atoms with E-state index in [1.807, 2.05) is 0 Å². The zero-order valence-electron chi connectivity index (χ0n) is 17.2. The number of rotatable bonds is 4. The van der Waals surface area contributed by atoms with Crippen molar-refractivity contribution in [1.29, 1.82) is 0 Å². The molecule has 8 nitrogen and oxygen atoms in total. The second-order valence-corrected chi connectivity index (χ2v) is 8.28. The van der Waals surface area contributed by atoms with E-state index < -0.39 is 11.7 Å². The molecule has 0 spiro atoms. The highest BCUT2D eigenvalue weighted by atomic mass is 35.5. The Balaban J connectivity index is 1.76. The molecular weight excluding hydrogens is 396 g/mol. The van der Waals surface area contributed by atoms with Crippen molar-refractivity contribution in [2.75, 3.05) is 38.0 Å². The van der Waals surface area contributed by atoms with Crippen molar-refractivity contribution in [3.05, 3.63) is 29.3 Å². The van der Waals surface area contributed by atoms with Crippen LogP contribution in [0.5, 0.6) is 0 Å². The van der Waals surface area contributed by atoms with E-state index in [4.69, 9.17) is 16.3 Å². The Morgan fingerprint density at radius 3 is 2.48 bits per heavy atom. The summed E-state index contributed by atoms with van der Waals surface area (Å²) in [6, 6.07) is 6.75. The summed E-state index contributed by atoms with van der Waals surface area (Å²) in [4.78, 5) is 40.0. The summed E-state index contributed by atoms with van der Waals surface area (Å²) in [5.41, 5.74) is 0.0569. The van der Waals surface area contributed by atoms with Gasteiger partial charge < -0.3 is 25.2 Å². The molecule has 1 aromatic carbocycles. The van der Waals surface area contributed by atoms with Gasteiger partial charge in [-0.2, -0.15) is 0 Å². The maximum Gasteiger partial charge on any atom is 0.407 e. The fourth-order valence-corrected chi connectivity index (χ4v) is 3.07. The number of carbonyl (C=O) groups is 3. The van der Waals surface area contributed by atoms with Gasteiger partial charge in [0.1, 0.15) is 5.60 Å². The van der Waals surface area contributed by atoms with Crippen LogP contribution in [-0.2, 0) is 9.53 Å². The molecule has 0 aliphatic carbocycles. The summed E-state index contributed by atoms with van der Waals surface area (Å²) < 4.78 is 5.15. The summed E-state index contributed by atoms with van der Waals surface area (Å²) in [5.74, 6) is -0.0573. The average molecular weight is 425 g/mol. The SMILES string of the molecule is CC(C)(C)OC(=O)NCCC(=O)N1CCCN(C(=O)Nc2cccc(Cl)c2)CC1. The molecule has 0 atom stereocenters. The molecule has 4 amide bonds. The fraction of sp³-hybridized carbons (Fsp3) is 0.550. The number of nitrogens with one attached hydrogen (secondary N) is 2. The summed E-state index contributed by atoms with van der Waals surface area (Å²) >= 11 is 5.94. The normalized spacial score (nSPS) is 14.8. The summed E-state index contributed by atoms with van der Waals surface area (Å²) in [7, 11) is 0. The van der Waals surface area contributed by atoms with Crippen LogP contribution < -0.4 is 10.6 Å². The fourth-order valence-electron chi connectivity index (χ4n) is 2.88. The smallest absolute Gasteiger partial charge is 0.407 e. The molecule has 0 saturated carbocycles. The van der Waals surface area contributed by atoms with E-state index in [1.54, 1.807) is 54.8 Å². The van der Waals surface area contributed by atoms with Crippen molar-refractivity contribution in [3.63, 3.8) is 0 Å². The van der Waals surface area contributed by atoms with Crippen LogP contribution in [0.2, 0.25) is 5.02 Å². The highest BCUT2D eigenvalue weighted by Crippen LogP contribution is 2.16. The topological polar surface area (TPSA) is 91.0 Å². The molecule has 1 heterocycles. The van der Waals surface area contributed by atoms with Gasteiger partial charge in [-0.15, -0.1) is 0 Å². The van der Waals surface area contributed by atoms with Crippen molar-refractivity contribution in [3.8, 4) is 0 Å². The monoisotopic (exact) mass is 424 g/mol. The Morgan fingerprint density at radius 2 is 1.79 bits per heavy atom. The van der Waals surface area contributed by atoms with E-state index in [-0.39, 0.29) is 24.9 Å². The first kappa shape index (κ1) is 22.8. The second kappa shape index (κ2) is 10.3. The van der Waals surface area contributed by atoms with Crippen LogP contribution in [-0.4, -0.2) is 66.2 Å². The van der Waals surface area contributed by atoms with E-state index >= 15 is 0 Å². The lowest BCUT2D eigenvalue weighted by molar-refractivity contribution is -0.130. The number of ether oxygens (including phenoxy) is 1. The number of hydrogen-bond acceptors (Lipinski definition) is 4. The minimum Gasteiger partial charge on any atom is -0.444 e. The van der Waals surface area contributed by atoms with Gasteiger partial charge in [0.25, 0.3) is 0 Å². The van der Waals surface area contributed by atoms with Crippen LogP contribution in [0.3, 0.4) is 0 Å². The molecule has 0 bridgehead atoms. The number of hydrogen-bond donors (Lipinski definition) is 2. The number of alkyl carbamates (subject to hydrolysis) is 1. The number of halogens is 1. The predicted molar refractivity (Wildman–Crippen MR) is 112 cm³/mol. The Hall–Kier alpha value is -2.48. The standard InChI is InChI=1S/C20H29ClN4O4/c1-20(2,3)29-19(28)22-9-8-17(26)24-10-5-11-25(13-12-24)18(27)23-16-7-4-6-15(21)14-16/h4,6-7,14H,5,8-13H2,1-3H3,(H,22,28)(H,23,27). The van der Waals surface area contributed by atoms with E-state index in [2.05, 4.69) is 10.6 Å². The molecule has 1 aliphatic rings. The molecule has 0 radical (unpaired) electrons. The highest BCUT2D eigenvalue weighted by Gasteiger charge is 2.22. The molecule has 2 N–H and O–H groups in total. The number of anilines is 1.